The van der Waals surface area contributed by atoms with E-state index >= 15 is 0 Å². The molecule has 1 N–H and O–H groups in total. The maximum atomic E-state index is 12.5. The first-order valence-corrected chi connectivity index (χ1v) is 8.81. The predicted octanol–water partition coefficient (Wildman–Crippen LogP) is 4.98. The lowest BCUT2D eigenvalue weighted by Crippen LogP contribution is -2.10. The molecular formula is C21H23ClN2O4. The number of nitrogens with zero attached hydrogens (tertiary/aromatic N) is 1. The first kappa shape index (κ1) is 21.3. The van der Waals surface area contributed by atoms with Crippen molar-refractivity contribution in [3.63, 3.8) is 0 Å². The summed E-state index contributed by atoms with van der Waals surface area (Å²) in [5.74, 6) is 0.887. The van der Waals surface area contributed by atoms with Gasteiger partial charge in [-0.25, -0.2) is 4.79 Å². The van der Waals surface area contributed by atoms with Crippen LogP contribution in [0.3, 0.4) is 0 Å². The summed E-state index contributed by atoms with van der Waals surface area (Å²) in [5, 5.41) is 4.09. The summed E-state index contributed by atoms with van der Waals surface area (Å²) in [4.78, 5) is 16.9. The molecule has 7 heteroatoms. The van der Waals surface area contributed by atoms with Crippen LogP contribution in [-0.2, 0) is 4.74 Å². The zero-order valence-corrected chi connectivity index (χ0v) is 16.8. The zero-order chi connectivity index (χ0) is 19.2. The molecule has 3 rings (SSSR count). The van der Waals surface area contributed by atoms with Gasteiger partial charge in [-0.15, -0.1) is 12.4 Å². The van der Waals surface area contributed by atoms with Crippen molar-refractivity contribution < 1.29 is 19.0 Å². The summed E-state index contributed by atoms with van der Waals surface area (Å²) in [6, 6.07) is 13.1. The summed E-state index contributed by atoms with van der Waals surface area (Å²) in [6.45, 7) is 4.51. The lowest BCUT2D eigenvalue weighted by molar-refractivity contribution is 0.0527. The Kier molecular flexibility index (Phi) is 7.46. The van der Waals surface area contributed by atoms with Gasteiger partial charge in [0.25, 0.3) is 0 Å². The number of aromatic nitrogens is 1. The normalized spacial score (nSPS) is 10.1. The molecular weight excluding hydrogens is 380 g/mol. The molecule has 0 atom stereocenters. The van der Waals surface area contributed by atoms with Crippen molar-refractivity contribution in [2.24, 2.45) is 0 Å². The van der Waals surface area contributed by atoms with Crippen molar-refractivity contribution in [2.75, 3.05) is 25.6 Å². The number of carbonyl (C=O) groups is 1. The van der Waals surface area contributed by atoms with Crippen molar-refractivity contribution in [3.05, 3.63) is 54.2 Å². The van der Waals surface area contributed by atoms with Gasteiger partial charge in [-0.1, -0.05) is 24.3 Å². The van der Waals surface area contributed by atoms with Crippen LogP contribution in [0.2, 0.25) is 0 Å². The van der Waals surface area contributed by atoms with Crippen LogP contribution in [0.15, 0.2) is 48.7 Å². The number of anilines is 2. The minimum atomic E-state index is -0.439. The maximum absolute atomic E-state index is 12.5. The third-order valence-corrected chi connectivity index (χ3v) is 4.02. The number of fused-ring (bicyclic) bond motifs is 1. The van der Waals surface area contributed by atoms with Gasteiger partial charge in [0.05, 0.1) is 31.7 Å². The molecule has 2 aromatic carbocycles. The molecule has 0 spiro atoms. The Morgan fingerprint density at radius 1 is 1.04 bits per heavy atom. The summed E-state index contributed by atoms with van der Waals surface area (Å²) in [6.07, 6.45) is 1.51. The van der Waals surface area contributed by atoms with Crippen LogP contribution in [0.5, 0.6) is 11.5 Å². The van der Waals surface area contributed by atoms with Crippen molar-refractivity contribution in [2.45, 2.75) is 13.8 Å². The Hall–Kier alpha value is -2.99. The van der Waals surface area contributed by atoms with E-state index in [-0.39, 0.29) is 19.0 Å². The van der Waals surface area contributed by atoms with Gasteiger partial charge in [-0.2, -0.15) is 0 Å². The van der Waals surface area contributed by atoms with Crippen molar-refractivity contribution >= 4 is 40.7 Å². The zero-order valence-electron chi connectivity index (χ0n) is 16.0. The average Bonchev–Trinajstić information content (AvgIpc) is 2.69. The maximum Gasteiger partial charge on any atom is 0.341 e. The molecule has 0 fully saturated rings. The third-order valence-electron chi connectivity index (χ3n) is 4.02. The highest BCUT2D eigenvalue weighted by Crippen LogP contribution is 2.36. The quantitative estimate of drug-likeness (QED) is 0.562. The molecule has 0 aliphatic rings. The Labute approximate surface area is 170 Å². The van der Waals surface area contributed by atoms with E-state index in [2.05, 4.69) is 10.3 Å². The SMILES string of the molecule is CCOC(=O)c1cnc2c(OC)cccc2c1Nc1ccccc1OCC.Cl. The molecule has 148 valence electrons. The van der Waals surface area contributed by atoms with E-state index in [0.29, 0.717) is 34.9 Å². The Balaban J connectivity index is 0.00000280. The van der Waals surface area contributed by atoms with Gasteiger partial charge in [0, 0.05) is 11.6 Å². The van der Waals surface area contributed by atoms with Crippen LogP contribution in [0.1, 0.15) is 24.2 Å². The highest BCUT2D eigenvalue weighted by molar-refractivity contribution is 6.07. The second-order valence-electron chi connectivity index (χ2n) is 5.68. The first-order chi connectivity index (χ1) is 13.2. The van der Waals surface area contributed by atoms with Gasteiger partial charge in [0.2, 0.25) is 0 Å². The molecule has 0 radical (unpaired) electrons. The Bertz CT molecular complexity index is 962. The third kappa shape index (κ3) is 4.28. The smallest absolute Gasteiger partial charge is 0.341 e. The minimum absolute atomic E-state index is 0. The number of methoxy groups -OCH3 is 1. The fourth-order valence-corrected chi connectivity index (χ4v) is 2.84. The van der Waals surface area contributed by atoms with Gasteiger partial charge >= 0.3 is 5.97 Å². The van der Waals surface area contributed by atoms with Gasteiger partial charge in [0.1, 0.15) is 22.6 Å². The lowest BCUT2D eigenvalue weighted by Gasteiger charge is -2.17. The number of esters is 1. The first-order valence-electron chi connectivity index (χ1n) is 8.81. The molecule has 0 amide bonds. The van der Waals surface area contributed by atoms with Crippen LogP contribution in [0.4, 0.5) is 11.4 Å². The van der Waals surface area contributed by atoms with Gasteiger partial charge in [-0.3, -0.25) is 4.98 Å². The second kappa shape index (κ2) is 9.80. The van der Waals surface area contributed by atoms with E-state index in [9.17, 15) is 4.79 Å². The van der Waals surface area contributed by atoms with Gasteiger partial charge < -0.3 is 19.5 Å². The van der Waals surface area contributed by atoms with E-state index in [1.165, 1.54) is 6.20 Å². The number of hydrogen-bond acceptors (Lipinski definition) is 6. The number of ether oxygens (including phenoxy) is 3. The second-order valence-corrected chi connectivity index (χ2v) is 5.68. The Morgan fingerprint density at radius 2 is 1.79 bits per heavy atom. The highest BCUT2D eigenvalue weighted by Gasteiger charge is 2.19. The van der Waals surface area contributed by atoms with Crippen LogP contribution < -0.4 is 14.8 Å². The number of hydrogen-bond donors (Lipinski definition) is 1. The number of carbonyl (C=O) groups excluding carboxylic acids is 1. The van der Waals surface area contributed by atoms with E-state index in [1.807, 2.05) is 49.4 Å². The van der Waals surface area contributed by atoms with E-state index < -0.39 is 5.97 Å². The number of pyridine rings is 1. The van der Waals surface area contributed by atoms with Crippen LogP contribution >= 0.6 is 12.4 Å². The summed E-state index contributed by atoms with van der Waals surface area (Å²) in [5.41, 5.74) is 2.36. The molecule has 0 unspecified atom stereocenters. The van der Waals surface area contributed by atoms with Crippen molar-refractivity contribution in [1.82, 2.24) is 4.98 Å². The molecule has 0 aliphatic heterocycles. The number of benzene rings is 2. The number of rotatable bonds is 7. The van der Waals surface area contributed by atoms with Gasteiger partial charge in [-0.05, 0) is 32.0 Å². The molecule has 0 saturated heterocycles. The van der Waals surface area contributed by atoms with Gasteiger partial charge in [0.15, 0.2) is 0 Å². The minimum Gasteiger partial charge on any atom is -0.494 e. The molecule has 28 heavy (non-hydrogen) atoms. The fourth-order valence-electron chi connectivity index (χ4n) is 2.84. The lowest BCUT2D eigenvalue weighted by atomic mass is 10.1. The molecule has 6 nitrogen and oxygen atoms in total. The summed E-state index contributed by atoms with van der Waals surface area (Å²) in [7, 11) is 1.59. The number of nitrogens with one attached hydrogen (secondary N) is 1. The summed E-state index contributed by atoms with van der Waals surface area (Å²) < 4.78 is 16.3. The average molecular weight is 403 g/mol. The summed E-state index contributed by atoms with van der Waals surface area (Å²) >= 11 is 0. The Morgan fingerprint density at radius 3 is 2.50 bits per heavy atom. The largest absolute Gasteiger partial charge is 0.494 e. The predicted molar refractivity (Wildman–Crippen MR) is 112 cm³/mol. The van der Waals surface area contributed by atoms with Crippen LogP contribution in [-0.4, -0.2) is 31.3 Å². The molecule has 1 heterocycles. The molecule has 0 bridgehead atoms. The fraction of sp³-hybridized carbons (Fsp3) is 0.238. The number of para-hydroxylation sites is 3. The number of halogens is 1. The molecule has 1 aromatic heterocycles. The molecule has 0 aliphatic carbocycles. The molecule has 0 saturated carbocycles. The van der Waals surface area contributed by atoms with E-state index in [4.69, 9.17) is 14.2 Å². The van der Waals surface area contributed by atoms with E-state index in [1.54, 1.807) is 14.0 Å². The highest BCUT2D eigenvalue weighted by atomic mass is 35.5. The standard InChI is InChI=1S/C21H22N2O4.ClH/c1-4-26-17-11-7-6-10-16(17)23-19-14-9-8-12-18(25-3)20(14)22-13-15(19)21(24)27-5-2;/h6-13H,4-5H2,1-3H3,(H,22,23);1H. The van der Waals surface area contributed by atoms with E-state index in [0.717, 1.165) is 11.1 Å². The van der Waals surface area contributed by atoms with Crippen LogP contribution in [0, 0.1) is 0 Å². The molecule has 3 aromatic rings. The monoisotopic (exact) mass is 402 g/mol. The topological polar surface area (TPSA) is 69.7 Å². The van der Waals surface area contributed by atoms with Crippen LogP contribution in [0.25, 0.3) is 10.9 Å². The van der Waals surface area contributed by atoms with Crippen molar-refractivity contribution in [3.8, 4) is 11.5 Å². The van der Waals surface area contributed by atoms with Crippen molar-refractivity contribution in [1.29, 1.82) is 0 Å².